The smallest absolute Gasteiger partial charge is 0.407 e. The van der Waals surface area contributed by atoms with Crippen molar-refractivity contribution in [3.63, 3.8) is 0 Å². The average molecular weight is 525 g/mol. The van der Waals surface area contributed by atoms with Crippen LogP contribution in [0.1, 0.15) is 100 Å². The molecular weight excluding hydrogens is 480 g/mol. The number of esters is 1. The molecule has 3 atom stereocenters. The van der Waals surface area contributed by atoms with Crippen LogP contribution in [0, 0.1) is 0 Å². The number of ether oxygens (including phenoxy) is 2. The Balaban J connectivity index is 1.49. The highest BCUT2D eigenvalue weighted by Gasteiger charge is 2.38. The number of benzene rings is 1. The van der Waals surface area contributed by atoms with Crippen LogP contribution in [0.3, 0.4) is 0 Å². The molecule has 1 aliphatic rings. The molecule has 0 bridgehead atoms. The number of carbonyl (C=O) groups excluding carboxylic acids is 1. The lowest BCUT2D eigenvalue weighted by Gasteiger charge is -2.26. The van der Waals surface area contributed by atoms with E-state index in [0.717, 1.165) is 18.4 Å². The molecule has 1 aliphatic heterocycles. The van der Waals surface area contributed by atoms with Crippen molar-refractivity contribution < 1.29 is 24.2 Å². The van der Waals surface area contributed by atoms with E-state index in [1.807, 2.05) is 12.1 Å². The number of carbonyl (C=O) groups is 2. The van der Waals surface area contributed by atoms with Crippen molar-refractivity contribution in [2.24, 2.45) is 0 Å². The molecular formula is C31H44N2O5. The Labute approximate surface area is 227 Å². The first-order valence-electron chi connectivity index (χ1n) is 14.2. The fourth-order valence-corrected chi connectivity index (χ4v) is 5.36. The molecule has 1 aromatic carbocycles. The summed E-state index contributed by atoms with van der Waals surface area (Å²) < 4.78 is 11.5. The van der Waals surface area contributed by atoms with Crippen LogP contribution in [0.2, 0.25) is 0 Å². The van der Waals surface area contributed by atoms with Gasteiger partial charge in [0.1, 0.15) is 6.10 Å². The molecule has 0 radical (unpaired) electrons. The van der Waals surface area contributed by atoms with Crippen LogP contribution in [-0.2, 0) is 20.7 Å². The third kappa shape index (κ3) is 9.43. The number of hydrogen-bond acceptors (Lipinski definition) is 5. The summed E-state index contributed by atoms with van der Waals surface area (Å²) in [5, 5.41) is 9.77. The summed E-state index contributed by atoms with van der Waals surface area (Å²) in [5.41, 5.74) is 3.39. The fourth-order valence-electron chi connectivity index (χ4n) is 5.36. The zero-order valence-corrected chi connectivity index (χ0v) is 23.0. The molecule has 1 unspecified atom stereocenters. The summed E-state index contributed by atoms with van der Waals surface area (Å²) in [6.45, 7) is 4.98. The van der Waals surface area contributed by atoms with Crippen molar-refractivity contribution in [1.29, 1.82) is 0 Å². The van der Waals surface area contributed by atoms with Crippen molar-refractivity contribution in [2.45, 2.75) is 96.1 Å². The molecule has 1 fully saturated rings. The highest BCUT2D eigenvalue weighted by molar-refractivity contribution is 5.66. The molecule has 3 rings (SSSR count). The molecule has 7 nitrogen and oxygen atoms in total. The molecule has 38 heavy (non-hydrogen) atoms. The van der Waals surface area contributed by atoms with Crippen LogP contribution < -0.4 is 0 Å². The average Bonchev–Trinajstić information content (AvgIpc) is 3.34. The number of pyridine rings is 1. The summed E-state index contributed by atoms with van der Waals surface area (Å²) in [4.78, 5) is 29.1. The van der Waals surface area contributed by atoms with E-state index in [4.69, 9.17) is 9.47 Å². The minimum Gasteiger partial charge on any atom is -0.465 e. The quantitative estimate of drug-likeness (QED) is 0.189. The second-order valence-electron chi connectivity index (χ2n) is 10.3. The number of amides is 1. The Bertz CT molecular complexity index is 966. The van der Waals surface area contributed by atoms with Crippen molar-refractivity contribution >= 4 is 12.1 Å². The molecule has 0 spiro atoms. The van der Waals surface area contributed by atoms with E-state index in [1.165, 1.54) is 61.5 Å². The zero-order chi connectivity index (χ0) is 27.2. The van der Waals surface area contributed by atoms with Gasteiger partial charge < -0.3 is 19.5 Å². The van der Waals surface area contributed by atoms with E-state index in [-0.39, 0.29) is 24.0 Å². The van der Waals surface area contributed by atoms with Crippen molar-refractivity contribution in [2.75, 3.05) is 19.8 Å². The minimum atomic E-state index is -0.896. The third-order valence-corrected chi connectivity index (χ3v) is 7.43. The molecule has 1 saturated heterocycles. The second-order valence-corrected chi connectivity index (χ2v) is 10.3. The summed E-state index contributed by atoms with van der Waals surface area (Å²) in [6.07, 6.45) is 13.1. The first-order valence-corrected chi connectivity index (χ1v) is 14.2. The van der Waals surface area contributed by atoms with Gasteiger partial charge in [0.15, 0.2) is 0 Å². The number of aryl methyl sites for hydroxylation is 1. The molecule has 1 aromatic heterocycles. The summed E-state index contributed by atoms with van der Waals surface area (Å²) in [6, 6.07) is 12.3. The zero-order valence-electron chi connectivity index (χ0n) is 23.0. The number of carboxylic acid groups (broad SMARTS) is 1. The highest BCUT2D eigenvalue weighted by Crippen LogP contribution is 2.34. The Morgan fingerprint density at radius 3 is 2.53 bits per heavy atom. The molecule has 2 aromatic rings. The number of hydrogen-bond donors (Lipinski definition) is 1. The lowest BCUT2D eigenvalue weighted by molar-refractivity contribution is -0.147. The van der Waals surface area contributed by atoms with Crippen molar-refractivity contribution in [3.8, 4) is 0 Å². The Hall–Kier alpha value is -2.93. The van der Waals surface area contributed by atoms with Gasteiger partial charge in [0, 0.05) is 44.0 Å². The Morgan fingerprint density at radius 2 is 1.84 bits per heavy atom. The fraction of sp³-hybridized carbons (Fsp3) is 0.581. The van der Waals surface area contributed by atoms with E-state index in [2.05, 4.69) is 36.2 Å². The number of nitrogens with zero attached hydrogens (tertiary/aromatic N) is 2. The van der Waals surface area contributed by atoms with Gasteiger partial charge >= 0.3 is 12.1 Å². The summed E-state index contributed by atoms with van der Waals surface area (Å²) >= 11 is 0. The van der Waals surface area contributed by atoms with Crippen LogP contribution in [0.15, 0.2) is 48.8 Å². The topological polar surface area (TPSA) is 89.0 Å². The van der Waals surface area contributed by atoms with Crippen LogP contribution in [0.25, 0.3) is 0 Å². The number of aromatic nitrogens is 1. The van der Waals surface area contributed by atoms with Gasteiger partial charge in [0.25, 0.3) is 0 Å². The molecule has 0 aliphatic carbocycles. The van der Waals surface area contributed by atoms with E-state index >= 15 is 0 Å². The number of rotatable bonds is 16. The standard InChI is InChI=1S/C31H44N2O5/c1-3-4-5-6-7-8-11-25-14-16-26(17-15-25)28-18-20-33(31(35)36)29(28)23-37-21-10-13-30(38-24(2)34)27-12-9-19-32-22-27/h9,12,14-17,19,22,28-30H,3-8,10-11,13,18,20-21,23H2,1-2H3,(H,35,36)/t28-,29-,30?/m1/s1. The first-order chi connectivity index (χ1) is 18.5. The SMILES string of the molecule is CCCCCCCCc1ccc([C@H]2CCN(C(=O)O)[C@@H]2COCCCC(OC(C)=O)c2cccnc2)cc1. The second kappa shape index (κ2) is 16.1. The Morgan fingerprint density at radius 1 is 1.08 bits per heavy atom. The Kier molecular flexibility index (Phi) is 12.6. The van der Waals surface area contributed by atoms with Gasteiger partial charge in [-0.2, -0.15) is 0 Å². The van der Waals surface area contributed by atoms with Gasteiger partial charge in [0.2, 0.25) is 0 Å². The summed E-state index contributed by atoms with van der Waals surface area (Å²) in [5.74, 6) is -0.206. The lowest BCUT2D eigenvalue weighted by atomic mass is 9.91. The molecule has 208 valence electrons. The van der Waals surface area contributed by atoms with Gasteiger partial charge in [-0.1, -0.05) is 69.4 Å². The van der Waals surface area contributed by atoms with Crippen LogP contribution in [-0.4, -0.2) is 52.9 Å². The number of unbranched alkanes of at least 4 members (excludes halogenated alkanes) is 5. The van der Waals surface area contributed by atoms with Gasteiger partial charge in [0.05, 0.1) is 12.6 Å². The number of likely N-dealkylation sites (tertiary alicyclic amines) is 1. The van der Waals surface area contributed by atoms with E-state index < -0.39 is 6.09 Å². The van der Waals surface area contributed by atoms with Crippen LogP contribution >= 0.6 is 0 Å². The molecule has 2 heterocycles. The molecule has 0 saturated carbocycles. The minimum absolute atomic E-state index is 0.124. The van der Waals surface area contributed by atoms with Crippen LogP contribution in [0.4, 0.5) is 4.79 Å². The van der Waals surface area contributed by atoms with Crippen LogP contribution in [0.5, 0.6) is 0 Å². The predicted octanol–water partition coefficient (Wildman–Crippen LogP) is 6.92. The van der Waals surface area contributed by atoms with E-state index in [0.29, 0.717) is 32.6 Å². The molecule has 1 N–H and O–H groups in total. The van der Waals surface area contributed by atoms with Crippen molar-refractivity contribution in [3.05, 3.63) is 65.5 Å². The monoisotopic (exact) mass is 524 g/mol. The maximum atomic E-state index is 11.9. The van der Waals surface area contributed by atoms with E-state index in [1.54, 1.807) is 12.4 Å². The van der Waals surface area contributed by atoms with Gasteiger partial charge in [-0.3, -0.25) is 9.78 Å². The molecule has 1 amide bonds. The maximum Gasteiger partial charge on any atom is 0.407 e. The lowest BCUT2D eigenvalue weighted by Crippen LogP contribution is -2.39. The maximum absolute atomic E-state index is 11.9. The van der Waals surface area contributed by atoms with E-state index in [9.17, 15) is 14.7 Å². The van der Waals surface area contributed by atoms with Gasteiger partial charge in [-0.05, 0) is 49.3 Å². The van der Waals surface area contributed by atoms with Gasteiger partial charge in [-0.25, -0.2) is 4.79 Å². The van der Waals surface area contributed by atoms with Crippen molar-refractivity contribution in [1.82, 2.24) is 9.88 Å². The normalized spacial score (nSPS) is 17.9. The van der Waals surface area contributed by atoms with Gasteiger partial charge in [-0.15, -0.1) is 0 Å². The summed E-state index contributed by atoms with van der Waals surface area (Å²) in [7, 11) is 0. The molecule has 7 heteroatoms. The highest BCUT2D eigenvalue weighted by atomic mass is 16.5. The predicted molar refractivity (Wildman–Crippen MR) is 148 cm³/mol. The third-order valence-electron chi connectivity index (χ3n) is 7.43. The largest absolute Gasteiger partial charge is 0.465 e. The first kappa shape index (κ1) is 29.6.